The summed E-state index contributed by atoms with van der Waals surface area (Å²) in [6.45, 7) is 1.47. The minimum atomic E-state index is -2.19. The normalized spacial score (nSPS) is 16.3. The predicted octanol–water partition coefficient (Wildman–Crippen LogP) is 4.78. The van der Waals surface area contributed by atoms with Crippen molar-refractivity contribution in [2.45, 2.75) is 18.6 Å². The third-order valence-corrected chi connectivity index (χ3v) is 11.2. The molecule has 0 spiro atoms. The Kier molecular flexibility index (Phi) is 5.88. The van der Waals surface area contributed by atoms with Crippen LogP contribution in [0.1, 0.15) is 12.0 Å². The number of carbonyl (C=O) groups excluding carboxylic acids is 1. The zero-order valence-electron chi connectivity index (χ0n) is 18.0. The molecule has 32 heavy (non-hydrogen) atoms. The Morgan fingerprint density at radius 1 is 0.625 bits per heavy atom. The molecule has 1 saturated heterocycles. The van der Waals surface area contributed by atoms with Gasteiger partial charge in [0.1, 0.15) is 23.2 Å². The van der Waals surface area contributed by atoms with Gasteiger partial charge >= 0.3 is 0 Å². The van der Waals surface area contributed by atoms with Crippen molar-refractivity contribution in [2.24, 2.45) is 0 Å². The number of hydrogen-bond donors (Lipinski definition) is 0. The summed E-state index contributed by atoms with van der Waals surface area (Å²) >= 11 is 0. The van der Waals surface area contributed by atoms with Crippen LogP contribution in [0.2, 0.25) is 0 Å². The summed E-state index contributed by atoms with van der Waals surface area (Å²) in [5.41, 5.74) is 1.13. The smallest absolute Gasteiger partial charge is 0.264 e. The molecule has 3 heteroatoms. The van der Waals surface area contributed by atoms with E-state index in [1.165, 1.54) is 21.5 Å². The summed E-state index contributed by atoms with van der Waals surface area (Å²) in [4.78, 5) is 16.1. The summed E-state index contributed by atoms with van der Waals surface area (Å²) in [5.74, 6) is 0.277. The van der Waals surface area contributed by atoms with Crippen molar-refractivity contribution in [3.63, 3.8) is 0 Å². The molecule has 0 aromatic heterocycles. The molecule has 1 aliphatic rings. The molecule has 1 aliphatic heterocycles. The molecule has 0 N–H and O–H groups in total. The standard InChI is InChI=1S/C29H27NOP/c31-29-28(21-22-30(29)23-24-13-5-1-6-14-24)32(25-15-7-2-8-16-25,26-17-9-3-10-18-26)27-19-11-4-12-20-27/h1-20,28H,21-23H2/q+1. The van der Waals surface area contributed by atoms with Crippen molar-refractivity contribution in [2.75, 3.05) is 6.54 Å². The lowest BCUT2D eigenvalue weighted by Gasteiger charge is -2.32. The van der Waals surface area contributed by atoms with E-state index in [0.29, 0.717) is 6.54 Å². The first-order valence-corrected chi connectivity index (χ1v) is 13.0. The number of benzene rings is 4. The molecule has 1 atom stereocenters. The minimum absolute atomic E-state index is 0.0570. The van der Waals surface area contributed by atoms with Gasteiger partial charge in [-0.3, -0.25) is 4.79 Å². The van der Waals surface area contributed by atoms with E-state index in [0.717, 1.165) is 13.0 Å². The van der Waals surface area contributed by atoms with Crippen LogP contribution in [0.3, 0.4) is 0 Å². The summed E-state index contributed by atoms with van der Waals surface area (Å²) in [6.07, 6.45) is 0.873. The molecule has 1 heterocycles. The van der Waals surface area contributed by atoms with E-state index in [2.05, 4.69) is 108 Å². The van der Waals surface area contributed by atoms with Crippen LogP contribution in [0, 0.1) is 0 Å². The lowest BCUT2D eigenvalue weighted by atomic mass is 10.2. The number of carbonyl (C=O) groups is 1. The van der Waals surface area contributed by atoms with E-state index in [1.54, 1.807) is 0 Å². The van der Waals surface area contributed by atoms with Crippen LogP contribution in [-0.4, -0.2) is 23.0 Å². The minimum Gasteiger partial charge on any atom is -0.335 e. The van der Waals surface area contributed by atoms with Gasteiger partial charge in [0, 0.05) is 19.5 Å². The molecule has 1 unspecified atom stereocenters. The van der Waals surface area contributed by atoms with Gasteiger partial charge in [0.15, 0.2) is 5.66 Å². The Morgan fingerprint density at radius 3 is 1.47 bits per heavy atom. The third-order valence-electron chi connectivity index (χ3n) is 6.44. The first kappa shape index (κ1) is 20.7. The van der Waals surface area contributed by atoms with Crippen LogP contribution in [-0.2, 0) is 11.3 Å². The lowest BCUT2D eigenvalue weighted by Crippen LogP contribution is -2.42. The first-order valence-electron chi connectivity index (χ1n) is 11.2. The highest BCUT2D eigenvalue weighted by molar-refractivity contribution is 7.96. The van der Waals surface area contributed by atoms with Gasteiger partial charge in [0.2, 0.25) is 0 Å². The Bertz CT molecular complexity index is 1070. The fourth-order valence-corrected chi connectivity index (χ4v) is 9.92. The second kappa shape index (κ2) is 9.10. The molecule has 5 rings (SSSR count). The lowest BCUT2D eigenvalue weighted by molar-refractivity contribution is -0.127. The van der Waals surface area contributed by atoms with Gasteiger partial charge in [-0.1, -0.05) is 84.9 Å². The molecule has 1 amide bonds. The summed E-state index contributed by atoms with van der Waals surface area (Å²) < 4.78 is 0. The van der Waals surface area contributed by atoms with E-state index in [-0.39, 0.29) is 11.6 Å². The number of likely N-dealkylation sites (tertiary alicyclic amines) is 1. The second-order valence-electron chi connectivity index (χ2n) is 8.28. The van der Waals surface area contributed by atoms with Crippen LogP contribution in [0.15, 0.2) is 121 Å². The highest BCUT2D eigenvalue weighted by Gasteiger charge is 2.58. The Morgan fingerprint density at radius 2 is 1.03 bits per heavy atom. The molecular weight excluding hydrogens is 409 g/mol. The van der Waals surface area contributed by atoms with Crippen molar-refractivity contribution in [3.8, 4) is 0 Å². The molecule has 0 saturated carbocycles. The van der Waals surface area contributed by atoms with Crippen LogP contribution >= 0.6 is 7.26 Å². The van der Waals surface area contributed by atoms with Crippen LogP contribution in [0.4, 0.5) is 0 Å². The molecule has 1 fully saturated rings. The Balaban J connectivity index is 1.66. The van der Waals surface area contributed by atoms with Crippen LogP contribution < -0.4 is 15.9 Å². The molecule has 0 aliphatic carbocycles. The molecule has 0 bridgehead atoms. The zero-order valence-corrected chi connectivity index (χ0v) is 18.9. The highest BCUT2D eigenvalue weighted by Crippen LogP contribution is 2.62. The molecule has 4 aromatic rings. The van der Waals surface area contributed by atoms with Gasteiger partial charge in [-0.05, 0) is 42.0 Å². The number of rotatable bonds is 6. The molecule has 158 valence electrons. The number of nitrogens with zero attached hydrogens (tertiary/aromatic N) is 1. The van der Waals surface area contributed by atoms with E-state index in [1.807, 2.05) is 18.2 Å². The van der Waals surface area contributed by atoms with E-state index in [9.17, 15) is 4.79 Å². The van der Waals surface area contributed by atoms with Gasteiger partial charge in [-0.15, -0.1) is 0 Å². The third kappa shape index (κ3) is 3.66. The van der Waals surface area contributed by atoms with Gasteiger partial charge in [-0.2, -0.15) is 0 Å². The highest BCUT2D eigenvalue weighted by atomic mass is 31.2. The van der Waals surface area contributed by atoms with Crippen molar-refractivity contribution >= 4 is 29.1 Å². The SMILES string of the molecule is O=C1C([P+](c2ccccc2)(c2ccccc2)c2ccccc2)CCN1Cc1ccccc1. The molecular formula is C29H27NOP+. The first-order chi connectivity index (χ1) is 15.8. The quantitative estimate of drug-likeness (QED) is 0.398. The Hall–Kier alpha value is -3.22. The molecule has 2 nitrogen and oxygen atoms in total. The second-order valence-corrected chi connectivity index (χ2v) is 11.9. The van der Waals surface area contributed by atoms with Crippen LogP contribution in [0.25, 0.3) is 0 Å². The van der Waals surface area contributed by atoms with Crippen molar-refractivity contribution in [1.82, 2.24) is 4.90 Å². The van der Waals surface area contributed by atoms with Gasteiger partial charge in [-0.25, -0.2) is 0 Å². The fourth-order valence-electron chi connectivity index (χ4n) is 5.02. The van der Waals surface area contributed by atoms with E-state index < -0.39 is 7.26 Å². The van der Waals surface area contributed by atoms with Gasteiger partial charge in [0.25, 0.3) is 5.91 Å². The Labute approximate surface area is 190 Å². The fraction of sp³-hybridized carbons (Fsp3) is 0.138. The maximum atomic E-state index is 14.0. The topological polar surface area (TPSA) is 20.3 Å². The van der Waals surface area contributed by atoms with Gasteiger partial charge < -0.3 is 4.90 Å². The largest absolute Gasteiger partial charge is 0.335 e. The molecule has 4 aromatic carbocycles. The summed E-state index contributed by atoms with van der Waals surface area (Å²) in [5, 5.41) is 3.83. The summed E-state index contributed by atoms with van der Waals surface area (Å²) in [7, 11) is -2.19. The summed E-state index contributed by atoms with van der Waals surface area (Å²) in [6, 6.07) is 42.5. The van der Waals surface area contributed by atoms with Crippen molar-refractivity contribution in [1.29, 1.82) is 0 Å². The average Bonchev–Trinajstić information content (AvgIpc) is 3.22. The monoisotopic (exact) mass is 436 g/mol. The van der Waals surface area contributed by atoms with Crippen LogP contribution in [0.5, 0.6) is 0 Å². The number of hydrogen-bond acceptors (Lipinski definition) is 1. The van der Waals surface area contributed by atoms with Crippen molar-refractivity contribution < 1.29 is 4.79 Å². The van der Waals surface area contributed by atoms with E-state index >= 15 is 0 Å². The average molecular weight is 437 g/mol. The maximum absolute atomic E-state index is 14.0. The maximum Gasteiger partial charge on any atom is 0.264 e. The number of amides is 1. The van der Waals surface area contributed by atoms with E-state index in [4.69, 9.17) is 0 Å². The zero-order chi connectivity index (χ0) is 21.8. The van der Waals surface area contributed by atoms with Gasteiger partial charge in [0.05, 0.1) is 0 Å². The van der Waals surface area contributed by atoms with Crippen molar-refractivity contribution in [3.05, 3.63) is 127 Å². The molecule has 0 radical (unpaired) electrons. The predicted molar refractivity (Wildman–Crippen MR) is 135 cm³/mol.